The van der Waals surface area contributed by atoms with Crippen molar-refractivity contribution in [2.75, 3.05) is 6.61 Å². The zero-order valence-electron chi connectivity index (χ0n) is 9.99. The first-order chi connectivity index (χ1) is 7.26. The van der Waals surface area contributed by atoms with Gasteiger partial charge in [-0.05, 0) is 19.3 Å². The summed E-state index contributed by atoms with van der Waals surface area (Å²) >= 11 is 0. The molecule has 15 heavy (non-hydrogen) atoms. The van der Waals surface area contributed by atoms with Gasteiger partial charge in [-0.15, -0.1) is 6.58 Å². The molecular formula is C13H26O2. The van der Waals surface area contributed by atoms with Gasteiger partial charge in [-0.25, -0.2) is 0 Å². The Bertz CT molecular complexity index is 145. The third kappa shape index (κ3) is 7.57. The monoisotopic (exact) mass is 214 g/mol. The smallest absolute Gasteiger partial charge is 0.0603 e. The van der Waals surface area contributed by atoms with Crippen LogP contribution in [0.25, 0.3) is 0 Å². The summed E-state index contributed by atoms with van der Waals surface area (Å²) in [6.45, 7) is 6.13. The van der Waals surface area contributed by atoms with Crippen molar-refractivity contribution in [3.8, 4) is 0 Å². The number of rotatable bonds is 10. The highest BCUT2D eigenvalue weighted by molar-refractivity contribution is 4.84. The fraction of sp³-hybridized carbons (Fsp3) is 0.846. The molecular weight excluding hydrogens is 188 g/mol. The summed E-state index contributed by atoms with van der Waals surface area (Å²) in [6.07, 6.45) is 8.85. The maximum absolute atomic E-state index is 9.81. The molecule has 0 heterocycles. The van der Waals surface area contributed by atoms with Crippen LogP contribution in [-0.2, 0) is 0 Å². The molecule has 0 aliphatic heterocycles. The van der Waals surface area contributed by atoms with Gasteiger partial charge in [-0.1, -0.05) is 38.7 Å². The van der Waals surface area contributed by atoms with Crippen LogP contribution in [0, 0.1) is 5.92 Å². The molecule has 0 amide bonds. The van der Waals surface area contributed by atoms with E-state index in [1.54, 1.807) is 0 Å². The fourth-order valence-electron chi connectivity index (χ4n) is 1.79. The van der Waals surface area contributed by atoms with Gasteiger partial charge in [0, 0.05) is 12.5 Å². The SMILES string of the molecule is C=C[C@H](CCCCCC)[C@@H](O)CCCO. The highest BCUT2D eigenvalue weighted by Gasteiger charge is 2.14. The van der Waals surface area contributed by atoms with Crippen molar-refractivity contribution in [3.63, 3.8) is 0 Å². The second-order valence-corrected chi connectivity index (χ2v) is 4.18. The molecule has 2 N–H and O–H groups in total. The number of unbranched alkanes of at least 4 members (excludes halogenated alkanes) is 3. The molecule has 0 aromatic rings. The lowest BCUT2D eigenvalue weighted by atomic mass is 9.92. The third-order valence-electron chi connectivity index (χ3n) is 2.85. The van der Waals surface area contributed by atoms with Gasteiger partial charge in [0.2, 0.25) is 0 Å². The molecule has 0 spiro atoms. The Balaban J connectivity index is 3.65. The quantitative estimate of drug-likeness (QED) is 0.433. The van der Waals surface area contributed by atoms with Crippen LogP contribution < -0.4 is 0 Å². The lowest BCUT2D eigenvalue weighted by Gasteiger charge is -2.19. The van der Waals surface area contributed by atoms with Crippen LogP contribution in [0.3, 0.4) is 0 Å². The summed E-state index contributed by atoms with van der Waals surface area (Å²) < 4.78 is 0. The average molecular weight is 214 g/mol. The van der Waals surface area contributed by atoms with E-state index in [-0.39, 0.29) is 18.6 Å². The summed E-state index contributed by atoms with van der Waals surface area (Å²) in [6, 6.07) is 0. The van der Waals surface area contributed by atoms with E-state index in [1.807, 2.05) is 6.08 Å². The summed E-state index contributed by atoms with van der Waals surface area (Å²) in [5, 5.41) is 18.5. The Morgan fingerprint density at radius 1 is 1.13 bits per heavy atom. The molecule has 0 bridgehead atoms. The predicted octanol–water partition coefficient (Wildman–Crippen LogP) is 2.89. The van der Waals surface area contributed by atoms with Gasteiger partial charge in [0.25, 0.3) is 0 Å². The van der Waals surface area contributed by atoms with Gasteiger partial charge in [0.05, 0.1) is 6.10 Å². The number of aliphatic hydroxyl groups is 2. The van der Waals surface area contributed by atoms with E-state index in [0.717, 1.165) is 6.42 Å². The van der Waals surface area contributed by atoms with Gasteiger partial charge < -0.3 is 10.2 Å². The highest BCUT2D eigenvalue weighted by Crippen LogP contribution is 2.18. The number of hydrogen-bond acceptors (Lipinski definition) is 2. The lowest BCUT2D eigenvalue weighted by Crippen LogP contribution is -2.18. The molecule has 0 aliphatic carbocycles. The summed E-state index contributed by atoms with van der Waals surface area (Å²) in [7, 11) is 0. The number of aliphatic hydroxyl groups excluding tert-OH is 2. The van der Waals surface area contributed by atoms with E-state index in [0.29, 0.717) is 12.8 Å². The van der Waals surface area contributed by atoms with Gasteiger partial charge in [0.15, 0.2) is 0 Å². The molecule has 0 saturated heterocycles. The van der Waals surface area contributed by atoms with Crippen LogP contribution in [0.2, 0.25) is 0 Å². The Kier molecular flexibility index (Phi) is 9.96. The molecule has 0 unspecified atom stereocenters. The molecule has 0 fully saturated rings. The van der Waals surface area contributed by atoms with E-state index < -0.39 is 0 Å². The lowest BCUT2D eigenvalue weighted by molar-refractivity contribution is 0.105. The van der Waals surface area contributed by atoms with Crippen LogP contribution in [0.5, 0.6) is 0 Å². The zero-order valence-corrected chi connectivity index (χ0v) is 9.99. The minimum absolute atomic E-state index is 0.163. The van der Waals surface area contributed by atoms with Gasteiger partial charge >= 0.3 is 0 Å². The Labute approximate surface area is 94.0 Å². The van der Waals surface area contributed by atoms with Crippen molar-refractivity contribution < 1.29 is 10.2 Å². The predicted molar refractivity (Wildman–Crippen MR) is 64.8 cm³/mol. The molecule has 2 nitrogen and oxygen atoms in total. The van der Waals surface area contributed by atoms with Crippen LogP contribution in [-0.4, -0.2) is 22.9 Å². The molecule has 0 saturated carbocycles. The van der Waals surface area contributed by atoms with Gasteiger partial charge in [0.1, 0.15) is 0 Å². The van der Waals surface area contributed by atoms with Crippen LogP contribution in [0.15, 0.2) is 12.7 Å². The molecule has 2 atom stereocenters. The molecule has 0 aromatic heterocycles. The fourth-order valence-corrected chi connectivity index (χ4v) is 1.79. The molecule has 0 radical (unpaired) electrons. The van der Waals surface area contributed by atoms with E-state index in [1.165, 1.54) is 25.7 Å². The van der Waals surface area contributed by atoms with Crippen molar-refractivity contribution in [2.45, 2.75) is 58.0 Å². The first-order valence-electron chi connectivity index (χ1n) is 6.17. The minimum atomic E-state index is -0.323. The van der Waals surface area contributed by atoms with Crippen LogP contribution in [0.1, 0.15) is 51.9 Å². The maximum Gasteiger partial charge on any atom is 0.0603 e. The van der Waals surface area contributed by atoms with Crippen molar-refractivity contribution in [1.82, 2.24) is 0 Å². The molecule has 0 aliphatic rings. The standard InChI is InChI=1S/C13H26O2/c1-3-5-6-7-9-12(4-2)13(15)10-8-11-14/h4,12-15H,2-3,5-11H2,1H3/t12-,13+/m1/s1. The van der Waals surface area contributed by atoms with Crippen molar-refractivity contribution in [2.24, 2.45) is 5.92 Å². The van der Waals surface area contributed by atoms with E-state index >= 15 is 0 Å². The first-order valence-corrected chi connectivity index (χ1v) is 6.17. The van der Waals surface area contributed by atoms with E-state index in [9.17, 15) is 5.11 Å². The highest BCUT2D eigenvalue weighted by atomic mass is 16.3. The maximum atomic E-state index is 9.81. The van der Waals surface area contributed by atoms with Crippen molar-refractivity contribution >= 4 is 0 Å². The zero-order chi connectivity index (χ0) is 11.5. The first kappa shape index (κ1) is 14.7. The topological polar surface area (TPSA) is 40.5 Å². The third-order valence-corrected chi connectivity index (χ3v) is 2.85. The molecule has 2 heteroatoms. The second-order valence-electron chi connectivity index (χ2n) is 4.18. The van der Waals surface area contributed by atoms with E-state index in [2.05, 4.69) is 13.5 Å². The van der Waals surface area contributed by atoms with Crippen molar-refractivity contribution in [3.05, 3.63) is 12.7 Å². The van der Waals surface area contributed by atoms with Crippen LogP contribution in [0.4, 0.5) is 0 Å². The molecule has 0 rings (SSSR count). The average Bonchev–Trinajstić information content (AvgIpc) is 2.26. The Morgan fingerprint density at radius 2 is 1.87 bits per heavy atom. The van der Waals surface area contributed by atoms with Gasteiger partial charge in [-0.2, -0.15) is 0 Å². The van der Waals surface area contributed by atoms with Crippen LogP contribution >= 0.6 is 0 Å². The largest absolute Gasteiger partial charge is 0.396 e. The second kappa shape index (κ2) is 10.2. The number of hydrogen-bond donors (Lipinski definition) is 2. The van der Waals surface area contributed by atoms with Crippen molar-refractivity contribution in [1.29, 1.82) is 0 Å². The van der Waals surface area contributed by atoms with Gasteiger partial charge in [-0.3, -0.25) is 0 Å². The molecule has 90 valence electrons. The summed E-state index contributed by atoms with van der Waals surface area (Å²) in [5.74, 6) is 0.202. The summed E-state index contributed by atoms with van der Waals surface area (Å²) in [4.78, 5) is 0. The van der Waals surface area contributed by atoms with E-state index in [4.69, 9.17) is 5.11 Å². The normalized spacial score (nSPS) is 14.9. The Morgan fingerprint density at radius 3 is 2.40 bits per heavy atom. The summed E-state index contributed by atoms with van der Waals surface area (Å²) in [5.41, 5.74) is 0. The minimum Gasteiger partial charge on any atom is -0.396 e. The molecule has 0 aromatic carbocycles. The Hall–Kier alpha value is -0.340.